The highest BCUT2D eigenvalue weighted by Gasteiger charge is 2.20. The molecule has 2 N–H and O–H groups in total. The molecule has 0 aliphatic heterocycles. The number of anilines is 1. The van der Waals surface area contributed by atoms with E-state index in [0.717, 1.165) is 0 Å². The molecule has 0 spiro atoms. The molecule has 1 atom stereocenters. The zero-order chi connectivity index (χ0) is 15.3. The fraction of sp³-hybridized carbons (Fsp3) is 0.500. The Morgan fingerprint density at radius 1 is 1.30 bits per heavy atom. The Bertz CT molecular complexity index is 461. The van der Waals surface area contributed by atoms with Crippen LogP contribution in [0, 0.1) is 5.41 Å². The van der Waals surface area contributed by atoms with Gasteiger partial charge in [-0.1, -0.05) is 26.8 Å². The van der Waals surface area contributed by atoms with Crippen LogP contribution in [-0.2, 0) is 0 Å². The van der Waals surface area contributed by atoms with Gasteiger partial charge in [-0.25, -0.2) is 0 Å². The fourth-order valence-electron chi connectivity index (χ4n) is 1.33. The van der Waals surface area contributed by atoms with E-state index in [1.54, 1.807) is 12.1 Å². The number of rotatable bonds is 4. The number of benzene rings is 1. The third-order valence-corrected chi connectivity index (χ3v) is 3.18. The van der Waals surface area contributed by atoms with Crippen molar-refractivity contribution >= 4 is 23.0 Å². The summed E-state index contributed by atoms with van der Waals surface area (Å²) in [6, 6.07) is 6.46. The van der Waals surface area contributed by atoms with Gasteiger partial charge in [0.25, 0.3) is 0 Å². The molecule has 1 aromatic rings. The van der Waals surface area contributed by atoms with Gasteiger partial charge in [-0.05, 0) is 36.7 Å². The standard InChI is InChI=1S/C14H20F2N2OS/c1-9(14(2,3)4)17-13(20)18-10-6-5-7-11(8-10)19-12(15)16/h5-9,12H,1-4H3,(H2,17,18,20)/t9-/m1/s1. The van der Waals surface area contributed by atoms with Crippen molar-refractivity contribution in [2.45, 2.75) is 40.3 Å². The Balaban J connectivity index is 2.62. The van der Waals surface area contributed by atoms with Gasteiger partial charge in [-0.3, -0.25) is 0 Å². The van der Waals surface area contributed by atoms with E-state index in [4.69, 9.17) is 12.2 Å². The molecule has 0 heterocycles. The minimum atomic E-state index is -2.84. The summed E-state index contributed by atoms with van der Waals surface area (Å²) >= 11 is 5.20. The maximum Gasteiger partial charge on any atom is 0.387 e. The van der Waals surface area contributed by atoms with E-state index in [-0.39, 0.29) is 17.2 Å². The smallest absolute Gasteiger partial charge is 0.387 e. The minimum Gasteiger partial charge on any atom is -0.435 e. The van der Waals surface area contributed by atoms with Gasteiger partial charge in [0.05, 0.1) is 0 Å². The maximum absolute atomic E-state index is 12.1. The summed E-state index contributed by atoms with van der Waals surface area (Å²) in [6.07, 6.45) is 0. The lowest BCUT2D eigenvalue weighted by atomic mass is 9.88. The third-order valence-electron chi connectivity index (χ3n) is 2.96. The van der Waals surface area contributed by atoms with Crippen molar-refractivity contribution in [2.75, 3.05) is 5.32 Å². The zero-order valence-electron chi connectivity index (χ0n) is 12.0. The average molecular weight is 302 g/mol. The van der Waals surface area contributed by atoms with Gasteiger partial charge in [0.2, 0.25) is 0 Å². The van der Waals surface area contributed by atoms with Crippen LogP contribution in [0.3, 0.4) is 0 Å². The molecule has 0 aromatic heterocycles. The number of alkyl halides is 2. The lowest BCUT2D eigenvalue weighted by molar-refractivity contribution is -0.0497. The zero-order valence-corrected chi connectivity index (χ0v) is 12.9. The molecule has 3 nitrogen and oxygen atoms in total. The maximum atomic E-state index is 12.1. The molecule has 0 fully saturated rings. The molecule has 0 radical (unpaired) electrons. The fourth-order valence-corrected chi connectivity index (χ4v) is 1.62. The summed E-state index contributed by atoms with van der Waals surface area (Å²) in [5.74, 6) is 0.0941. The number of nitrogens with one attached hydrogen (secondary N) is 2. The first-order valence-electron chi connectivity index (χ1n) is 6.31. The number of thiocarbonyl (C=S) groups is 1. The predicted octanol–water partition coefficient (Wildman–Crippen LogP) is 4.01. The first-order valence-corrected chi connectivity index (χ1v) is 6.71. The summed E-state index contributed by atoms with van der Waals surface area (Å²) in [7, 11) is 0. The van der Waals surface area contributed by atoms with Crippen LogP contribution in [0.5, 0.6) is 5.75 Å². The second-order valence-corrected chi connectivity index (χ2v) is 6.00. The highest BCUT2D eigenvalue weighted by Crippen LogP contribution is 2.20. The molecule has 0 aliphatic rings. The predicted molar refractivity (Wildman–Crippen MR) is 81.3 cm³/mol. The first-order chi connectivity index (χ1) is 9.18. The molecule has 0 bridgehead atoms. The van der Waals surface area contributed by atoms with Crippen LogP contribution in [0.2, 0.25) is 0 Å². The first kappa shape index (κ1) is 16.6. The highest BCUT2D eigenvalue weighted by atomic mass is 32.1. The van der Waals surface area contributed by atoms with Crippen molar-refractivity contribution < 1.29 is 13.5 Å². The van der Waals surface area contributed by atoms with Gasteiger partial charge in [0, 0.05) is 17.8 Å². The van der Waals surface area contributed by atoms with Crippen LogP contribution in [0.15, 0.2) is 24.3 Å². The number of hydrogen-bond acceptors (Lipinski definition) is 2. The summed E-state index contributed by atoms with van der Waals surface area (Å²) in [4.78, 5) is 0. The molecule has 112 valence electrons. The lowest BCUT2D eigenvalue weighted by Gasteiger charge is -2.29. The molecular formula is C14H20F2N2OS. The molecule has 20 heavy (non-hydrogen) atoms. The van der Waals surface area contributed by atoms with Crippen LogP contribution >= 0.6 is 12.2 Å². The second kappa shape index (κ2) is 6.83. The van der Waals surface area contributed by atoms with Crippen molar-refractivity contribution in [3.05, 3.63) is 24.3 Å². The molecule has 1 rings (SSSR count). The molecule has 0 saturated heterocycles. The quantitative estimate of drug-likeness (QED) is 0.823. The Labute approximate surface area is 123 Å². The van der Waals surface area contributed by atoms with Crippen molar-refractivity contribution in [1.29, 1.82) is 0 Å². The van der Waals surface area contributed by atoms with Crippen LogP contribution < -0.4 is 15.4 Å². The molecule has 6 heteroatoms. The normalized spacial score (nSPS) is 12.9. The molecule has 0 saturated carbocycles. The molecular weight excluding hydrogens is 282 g/mol. The number of halogens is 2. The molecule has 0 aliphatic carbocycles. The van der Waals surface area contributed by atoms with Crippen molar-refractivity contribution in [3.8, 4) is 5.75 Å². The summed E-state index contributed by atoms with van der Waals surface area (Å²) in [6.45, 7) is 5.50. The highest BCUT2D eigenvalue weighted by molar-refractivity contribution is 7.80. The van der Waals surface area contributed by atoms with E-state index in [1.165, 1.54) is 12.1 Å². The molecule has 1 aromatic carbocycles. The summed E-state index contributed by atoms with van der Waals surface area (Å²) in [5.41, 5.74) is 0.661. The number of ether oxygens (including phenoxy) is 1. The van der Waals surface area contributed by atoms with Crippen molar-refractivity contribution in [1.82, 2.24) is 5.32 Å². The van der Waals surface area contributed by atoms with Crippen LogP contribution in [0.1, 0.15) is 27.7 Å². The Morgan fingerprint density at radius 2 is 1.95 bits per heavy atom. The van der Waals surface area contributed by atoms with E-state index >= 15 is 0 Å². The van der Waals surface area contributed by atoms with Crippen molar-refractivity contribution in [3.63, 3.8) is 0 Å². The summed E-state index contributed by atoms with van der Waals surface area (Å²) in [5, 5.41) is 6.56. The van der Waals surface area contributed by atoms with E-state index in [2.05, 4.69) is 36.1 Å². The van der Waals surface area contributed by atoms with Gasteiger partial charge >= 0.3 is 6.61 Å². The van der Waals surface area contributed by atoms with Gasteiger partial charge in [0.15, 0.2) is 5.11 Å². The Kier molecular flexibility index (Phi) is 5.68. The van der Waals surface area contributed by atoms with Crippen LogP contribution in [0.25, 0.3) is 0 Å². The minimum absolute atomic E-state index is 0.0619. The van der Waals surface area contributed by atoms with Crippen LogP contribution in [0.4, 0.5) is 14.5 Å². The van der Waals surface area contributed by atoms with E-state index in [1.807, 2.05) is 6.92 Å². The average Bonchev–Trinajstić information content (AvgIpc) is 2.26. The monoisotopic (exact) mass is 302 g/mol. The van der Waals surface area contributed by atoms with E-state index in [0.29, 0.717) is 10.8 Å². The summed E-state index contributed by atoms with van der Waals surface area (Å²) < 4.78 is 28.6. The Hall–Kier alpha value is -1.43. The largest absolute Gasteiger partial charge is 0.435 e. The van der Waals surface area contributed by atoms with Gasteiger partial charge < -0.3 is 15.4 Å². The Morgan fingerprint density at radius 3 is 2.50 bits per heavy atom. The molecule has 0 unspecified atom stereocenters. The number of hydrogen-bond donors (Lipinski definition) is 2. The molecule has 0 amide bonds. The van der Waals surface area contributed by atoms with E-state index < -0.39 is 6.61 Å². The lowest BCUT2D eigenvalue weighted by Crippen LogP contribution is -2.43. The van der Waals surface area contributed by atoms with E-state index in [9.17, 15) is 8.78 Å². The van der Waals surface area contributed by atoms with Crippen LogP contribution in [-0.4, -0.2) is 17.8 Å². The van der Waals surface area contributed by atoms with Gasteiger partial charge in [0.1, 0.15) is 5.75 Å². The third kappa shape index (κ3) is 5.69. The van der Waals surface area contributed by atoms with Gasteiger partial charge in [-0.15, -0.1) is 0 Å². The topological polar surface area (TPSA) is 33.3 Å². The van der Waals surface area contributed by atoms with Gasteiger partial charge in [-0.2, -0.15) is 8.78 Å². The second-order valence-electron chi connectivity index (χ2n) is 5.59. The van der Waals surface area contributed by atoms with Crippen molar-refractivity contribution in [2.24, 2.45) is 5.41 Å². The SMILES string of the molecule is C[C@@H](NC(=S)Nc1cccc(OC(F)F)c1)C(C)(C)C.